The summed E-state index contributed by atoms with van der Waals surface area (Å²) in [5.74, 6) is 3.18. The Morgan fingerprint density at radius 1 is 0.920 bits per heavy atom. The van der Waals surface area contributed by atoms with Crippen molar-refractivity contribution in [1.29, 1.82) is 0 Å². The van der Waals surface area contributed by atoms with Gasteiger partial charge in [-0.1, -0.05) is 0 Å². The van der Waals surface area contributed by atoms with E-state index in [-0.39, 0.29) is 0 Å². The minimum absolute atomic E-state index is 0.744. The van der Waals surface area contributed by atoms with Gasteiger partial charge in [-0.25, -0.2) is 0 Å². The highest BCUT2D eigenvalue weighted by atomic mass is 16.5. The zero-order valence-electron chi connectivity index (χ0n) is 14.7. The molecule has 0 spiro atoms. The predicted molar refractivity (Wildman–Crippen MR) is 95.6 cm³/mol. The maximum Gasteiger partial charge on any atom is 0.247 e. The Kier molecular flexibility index (Phi) is 4.29. The second-order valence-corrected chi connectivity index (χ2v) is 6.46. The lowest BCUT2D eigenvalue weighted by Crippen LogP contribution is -2.32. The van der Waals surface area contributed by atoms with Gasteiger partial charge in [0.05, 0.1) is 20.4 Å². The molecule has 0 radical (unpaired) electrons. The third kappa shape index (κ3) is 3.06. The second kappa shape index (κ2) is 6.74. The van der Waals surface area contributed by atoms with Crippen LogP contribution in [0.15, 0.2) is 18.3 Å². The van der Waals surface area contributed by atoms with E-state index in [2.05, 4.69) is 32.1 Å². The molecule has 0 amide bonds. The van der Waals surface area contributed by atoms with Crippen LogP contribution in [0.2, 0.25) is 0 Å². The Morgan fingerprint density at radius 3 is 2.36 bits per heavy atom. The summed E-state index contributed by atoms with van der Waals surface area (Å²) in [7, 11) is 3.34. The first-order chi connectivity index (χ1) is 12.3. The monoisotopic (exact) mass is 341 g/mol. The molecule has 1 saturated heterocycles. The van der Waals surface area contributed by atoms with Crippen LogP contribution in [0.3, 0.4) is 0 Å². The molecule has 7 nitrogen and oxygen atoms in total. The number of ether oxygens (including phenoxy) is 2. The molecule has 7 heteroatoms. The van der Waals surface area contributed by atoms with E-state index in [0.717, 1.165) is 55.9 Å². The third-order valence-corrected chi connectivity index (χ3v) is 4.97. The molecular formula is C18H23N5O2. The summed E-state index contributed by atoms with van der Waals surface area (Å²) in [6.45, 7) is 3.73. The van der Waals surface area contributed by atoms with Crippen molar-refractivity contribution in [1.82, 2.24) is 15.2 Å². The minimum Gasteiger partial charge on any atom is -0.493 e. The number of nitrogens with zero attached hydrogens (tertiary/aromatic N) is 5. The summed E-state index contributed by atoms with van der Waals surface area (Å²) in [6.07, 6.45) is 5.10. The molecule has 0 saturated carbocycles. The molecule has 2 aliphatic heterocycles. The third-order valence-electron chi connectivity index (χ3n) is 4.97. The van der Waals surface area contributed by atoms with Crippen LogP contribution in [-0.2, 0) is 13.0 Å². The molecule has 2 aromatic rings. The highest BCUT2D eigenvalue weighted by Crippen LogP contribution is 2.34. The molecular weight excluding hydrogens is 318 g/mol. The lowest BCUT2D eigenvalue weighted by Gasteiger charge is -2.30. The molecule has 1 aromatic heterocycles. The Hall–Kier alpha value is -2.57. The van der Waals surface area contributed by atoms with E-state index in [4.69, 9.17) is 14.5 Å². The summed E-state index contributed by atoms with van der Waals surface area (Å²) in [6, 6.07) is 4.15. The maximum atomic E-state index is 5.44. The van der Waals surface area contributed by atoms with E-state index in [1.54, 1.807) is 20.4 Å². The fourth-order valence-corrected chi connectivity index (χ4v) is 3.57. The van der Waals surface area contributed by atoms with Gasteiger partial charge < -0.3 is 19.3 Å². The van der Waals surface area contributed by atoms with Crippen molar-refractivity contribution in [3.63, 3.8) is 0 Å². The van der Waals surface area contributed by atoms with Gasteiger partial charge >= 0.3 is 0 Å². The fourth-order valence-electron chi connectivity index (χ4n) is 3.57. The molecule has 1 fully saturated rings. The lowest BCUT2D eigenvalue weighted by atomic mass is 9.99. The Labute approximate surface area is 147 Å². The Balaban J connectivity index is 1.59. The number of hydrogen-bond acceptors (Lipinski definition) is 7. The molecule has 3 heterocycles. The van der Waals surface area contributed by atoms with E-state index in [0.29, 0.717) is 0 Å². The van der Waals surface area contributed by atoms with E-state index in [1.807, 2.05) is 0 Å². The molecule has 25 heavy (non-hydrogen) atoms. The van der Waals surface area contributed by atoms with Gasteiger partial charge in [-0.05, 0) is 42.5 Å². The Morgan fingerprint density at radius 2 is 1.64 bits per heavy atom. The van der Waals surface area contributed by atoms with Crippen LogP contribution in [0, 0.1) is 0 Å². The average Bonchev–Trinajstić information content (AvgIpc) is 3.21. The number of benzene rings is 1. The summed E-state index contributed by atoms with van der Waals surface area (Å²) in [5.41, 5.74) is 2.54. The van der Waals surface area contributed by atoms with Crippen molar-refractivity contribution < 1.29 is 9.47 Å². The smallest absolute Gasteiger partial charge is 0.247 e. The van der Waals surface area contributed by atoms with Crippen LogP contribution in [0.5, 0.6) is 11.5 Å². The van der Waals surface area contributed by atoms with Crippen LogP contribution in [0.1, 0.15) is 24.0 Å². The molecule has 0 unspecified atom stereocenters. The Bertz CT molecular complexity index is 761. The van der Waals surface area contributed by atoms with Gasteiger partial charge in [0.2, 0.25) is 5.95 Å². The number of hydrogen-bond donors (Lipinski definition) is 0. The molecule has 0 aliphatic carbocycles. The zero-order valence-corrected chi connectivity index (χ0v) is 14.7. The van der Waals surface area contributed by atoms with Crippen molar-refractivity contribution >= 4 is 11.8 Å². The second-order valence-electron chi connectivity index (χ2n) is 6.46. The quantitative estimate of drug-likeness (QED) is 0.843. The van der Waals surface area contributed by atoms with E-state index in [9.17, 15) is 0 Å². The van der Waals surface area contributed by atoms with Crippen molar-refractivity contribution in [2.45, 2.75) is 25.8 Å². The van der Waals surface area contributed by atoms with Gasteiger partial charge in [0.25, 0.3) is 0 Å². The van der Waals surface area contributed by atoms with E-state index < -0.39 is 0 Å². The van der Waals surface area contributed by atoms with Crippen molar-refractivity contribution in [2.24, 2.45) is 0 Å². The first-order valence-electron chi connectivity index (χ1n) is 8.72. The molecule has 0 bridgehead atoms. The number of rotatable bonds is 4. The summed E-state index contributed by atoms with van der Waals surface area (Å²) >= 11 is 0. The average molecular weight is 341 g/mol. The van der Waals surface area contributed by atoms with Crippen LogP contribution in [0.25, 0.3) is 0 Å². The van der Waals surface area contributed by atoms with Crippen molar-refractivity contribution in [3.8, 4) is 11.5 Å². The molecule has 4 rings (SSSR count). The van der Waals surface area contributed by atoms with Crippen molar-refractivity contribution in [2.75, 3.05) is 43.7 Å². The SMILES string of the molecule is COc1cc2c(cc1OC)CN(c1cnnc(N3CCCC3)n1)CC2. The van der Waals surface area contributed by atoms with Gasteiger partial charge in [0.1, 0.15) is 0 Å². The molecule has 0 atom stereocenters. The van der Waals surface area contributed by atoms with Gasteiger partial charge in [-0.3, -0.25) is 0 Å². The lowest BCUT2D eigenvalue weighted by molar-refractivity contribution is 0.353. The van der Waals surface area contributed by atoms with Crippen LogP contribution in [-0.4, -0.2) is 49.0 Å². The summed E-state index contributed by atoms with van der Waals surface area (Å²) < 4.78 is 10.9. The van der Waals surface area contributed by atoms with Crippen LogP contribution < -0.4 is 19.3 Å². The zero-order chi connectivity index (χ0) is 17.2. The van der Waals surface area contributed by atoms with Crippen LogP contribution in [0.4, 0.5) is 11.8 Å². The van der Waals surface area contributed by atoms with Gasteiger partial charge in [0.15, 0.2) is 17.3 Å². The first kappa shape index (κ1) is 15.9. The molecule has 2 aliphatic rings. The highest BCUT2D eigenvalue weighted by Gasteiger charge is 2.22. The van der Waals surface area contributed by atoms with Gasteiger partial charge in [-0.15, -0.1) is 5.10 Å². The van der Waals surface area contributed by atoms with E-state index >= 15 is 0 Å². The topological polar surface area (TPSA) is 63.6 Å². The number of methoxy groups -OCH3 is 2. The largest absolute Gasteiger partial charge is 0.493 e. The predicted octanol–water partition coefficient (Wildman–Crippen LogP) is 2.05. The van der Waals surface area contributed by atoms with Crippen molar-refractivity contribution in [3.05, 3.63) is 29.5 Å². The van der Waals surface area contributed by atoms with Gasteiger partial charge in [-0.2, -0.15) is 10.1 Å². The molecule has 1 aromatic carbocycles. The summed E-state index contributed by atoms with van der Waals surface area (Å²) in [4.78, 5) is 9.21. The number of fused-ring (bicyclic) bond motifs is 1. The summed E-state index contributed by atoms with van der Waals surface area (Å²) in [5, 5.41) is 8.39. The van der Waals surface area contributed by atoms with Crippen LogP contribution >= 0.6 is 0 Å². The normalized spacial score (nSPS) is 16.7. The fraction of sp³-hybridized carbons (Fsp3) is 0.500. The standard InChI is InChI=1S/C18H23N5O2/c1-24-15-9-13-5-8-23(12-14(13)10-16(15)25-2)17-11-19-21-18(20-17)22-6-3-4-7-22/h9-11H,3-8,12H2,1-2H3. The molecule has 0 N–H and O–H groups in total. The number of aromatic nitrogens is 3. The van der Waals surface area contributed by atoms with E-state index in [1.165, 1.54) is 24.0 Å². The minimum atomic E-state index is 0.744. The highest BCUT2D eigenvalue weighted by molar-refractivity contribution is 5.52. The molecule has 132 valence electrons. The first-order valence-corrected chi connectivity index (χ1v) is 8.72. The maximum absolute atomic E-state index is 5.44. The number of anilines is 2. The van der Waals surface area contributed by atoms with Gasteiger partial charge in [0, 0.05) is 26.2 Å².